The Bertz CT molecular complexity index is 733. The van der Waals surface area contributed by atoms with Crippen LogP contribution in [-0.2, 0) is 13.1 Å². The van der Waals surface area contributed by atoms with Crippen molar-refractivity contribution in [2.45, 2.75) is 25.9 Å². The van der Waals surface area contributed by atoms with Crippen LogP contribution < -0.4 is 11.1 Å². The third kappa shape index (κ3) is 4.67. The third-order valence-corrected chi connectivity index (χ3v) is 4.51. The van der Waals surface area contributed by atoms with Crippen molar-refractivity contribution in [3.8, 4) is 0 Å². The van der Waals surface area contributed by atoms with Crippen LogP contribution in [0.4, 0.5) is 0 Å². The number of amides is 2. The number of nitrogens with two attached hydrogens (primary N) is 1. The van der Waals surface area contributed by atoms with Crippen molar-refractivity contribution >= 4 is 11.8 Å². The van der Waals surface area contributed by atoms with E-state index in [-0.39, 0.29) is 5.91 Å². The van der Waals surface area contributed by atoms with Gasteiger partial charge < -0.3 is 11.1 Å². The van der Waals surface area contributed by atoms with Gasteiger partial charge in [0.15, 0.2) is 0 Å². The molecule has 130 valence electrons. The normalized spacial score (nSPS) is 14.4. The first-order chi connectivity index (χ1) is 12.1. The van der Waals surface area contributed by atoms with Crippen LogP contribution in [0.1, 0.15) is 44.7 Å². The lowest BCUT2D eigenvalue weighted by atomic mass is 10.1. The molecule has 3 N–H and O–H groups in total. The van der Waals surface area contributed by atoms with Crippen molar-refractivity contribution in [3.05, 3.63) is 70.8 Å². The van der Waals surface area contributed by atoms with Gasteiger partial charge in [0.25, 0.3) is 5.91 Å². The number of hydrogen-bond donors (Lipinski definition) is 2. The average Bonchev–Trinajstić information content (AvgIpc) is 3.14. The molecule has 0 atom stereocenters. The number of hydrogen-bond acceptors (Lipinski definition) is 3. The number of carbonyl (C=O) groups is 2. The molecule has 1 aliphatic heterocycles. The molecule has 0 saturated carbocycles. The first-order valence-electron chi connectivity index (χ1n) is 8.60. The van der Waals surface area contributed by atoms with E-state index in [1.165, 1.54) is 31.5 Å². The van der Waals surface area contributed by atoms with E-state index < -0.39 is 5.91 Å². The van der Waals surface area contributed by atoms with Gasteiger partial charge in [0.2, 0.25) is 5.91 Å². The summed E-state index contributed by atoms with van der Waals surface area (Å²) in [6.07, 6.45) is 2.59. The highest BCUT2D eigenvalue weighted by Crippen LogP contribution is 2.13. The molecule has 5 nitrogen and oxygen atoms in total. The van der Waals surface area contributed by atoms with E-state index in [1.807, 2.05) is 0 Å². The molecule has 25 heavy (non-hydrogen) atoms. The van der Waals surface area contributed by atoms with Crippen LogP contribution in [0.25, 0.3) is 0 Å². The van der Waals surface area contributed by atoms with Crippen LogP contribution in [0.2, 0.25) is 0 Å². The van der Waals surface area contributed by atoms with Crippen molar-refractivity contribution < 1.29 is 9.59 Å². The molecule has 1 aliphatic rings. The van der Waals surface area contributed by atoms with Crippen LogP contribution in [0.3, 0.4) is 0 Å². The van der Waals surface area contributed by atoms with Crippen molar-refractivity contribution in [2.24, 2.45) is 5.73 Å². The molecule has 2 amide bonds. The first-order valence-corrected chi connectivity index (χ1v) is 8.60. The van der Waals surface area contributed by atoms with E-state index in [0.29, 0.717) is 17.7 Å². The largest absolute Gasteiger partial charge is 0.366 e. The van der Waals surface area contributed by atoms with E-state index in [4.69, 9.17) is 5.73 Å². The minimum atomic E-state index is -0.499. The molecule has 2 aromatic rings. The van der Waals surface area contributed by atoms with Gasteiger partial charge in [-0.1, -0.05) is 24.3 Å². The van der Waals surface area contributed by atoms with Gasteiger partial charge in [-0.2, -0.15) is 0 Å². The molecule has 0 aliphatic carbocycles. The molecule has 1 heterocycles. The topological polar surface area (TPSA) is 75.4 Å². The first kappa shape index (κ1) is 17.2. The highest BCUT2D eigenvalue weighted by molar-refractivity contribution is 5.97. The van der Waals surface area contributed by atoms with E-state index >= 15 is 0 Å². The summed E-state index contributed by atoms with van der Waals surface area (Å²) < 4.78 is 0. The Labute approximate surface area is 147 Å². The molecule has 2 aromatic carbocycles. The van der Waals surface area contributed by atoms with Crippen LogP contribution in [-0.4, -0.2) is 29.8 Å². The summed E-state index contributed by atoms with van der Waals surface area (Å²) in [5.41, 5.74) is 8.47. The molecule has 0 spiro atoms. The smallest absolute Gasteiger partial charge is 0.251 e. The summed E-state index contributed by atoms with van der Waals surface area (Å²) in [4.78, 5) is 25.7. The molecule has 0 aromatic heterocycles. The second kappa shape index (κ2) is 7.94. The summed E-state index contributed by atoms with van der Waals surface area (Å²) in [6, 6.07) is 14.7. The molecule has 0 radical (unpaired) electrons. The van der Waals surface area contributed by atoms with Gasteiger partial charge in [0, 0.05) is 24.2 Å². The molecule has 0 unspecified atom stereocenters. The van der Waals surface area contributed by atoms with Crippen molar-refractivity contribution in [1.82, 2.24) is 10.2 Å². The Morgan fingerprint density at radius 2 is 1.44 bits per heavy atom. The van der Waals surface area contributed by atoms with Gasteiger partial charge >= 0.3 is 0 Å². The maximum absolute atomic E-state index is 12.2. The monoisotopic (exact) mass is 337 g/mol. The second-order valence-electron chi connectivity index (χ2n) is 6.42. The molecular formula is C20H23N3O2. The van der Waals surface area contributed by atoms with Gasteiger partial charge in [-0.05, 0) is 61.3 Å². The van der Waals surface area contributed by atoms with Crippen LogP contribution in [0, 0.1) is 0 Å². The van der Waals surface area contributed by atoms with E-state index in [2.05, 4.69) is 34.5 Å². The quantitative estimate of drug-likeness (QED) is 0.849. The van der Waals surface area contributed by atoms with Crippen molar-refractivity contribution in [1.29, 1.82) is 0 Å². The molecule has 5 heteroatoms. The van der Waals surface area contributed by atoms with Crippen molar-refractivity contribution in [3.63, 3.8) is 0 Å². The van der Waals surface area contributed by atoms with E-state index in [1.54, 1.807) is 24.3 Å². The van der Waals surface area contributed by atoms with Crippen LogP contribution in [0.5, 0.6) is 0 Å². The maximum atomic E-state index is 12.2. The molecule has 0 bridgehead atoms. The van der Waals surface area contributed by atoms with Gasteiger partial charge in [0.1, 0.15) is 0 Å². The fourth-order valence-electron chi connectivity index (χ4n) is 3.03. The fourth-order valence-corrected chi connectivity index (χ4v) is 3.03. The zero-order valence-electron chi connectivity index (χ0n) is 14.2. The van der Waals surface area contributed by atoms with Gasteiger partial charge in [-0.15, -0.1) is 0 Å². The predicted molar refractivity (Wildman–Crippen MR) is 97.1 cm³/mol. The summed E-state index contributed by atoms with van der Waals surface area (Å²) in [6.45, 7) is 3.85. The summed E-state index contributed by atoms with van der Waals surface area (Å²) >= 11 is 0. The number of primary amides is 1. The Hall–Kier alpha value is -2.66. The summed E-state index contributed by atoms with van der Waals surface area (Å²) in [5, 5.41) is 2.89. The van der Waals surface area contributed by atoms with Gasteiger partial charge in [0.05, 0.1) is 0 Å². The highest BCUT2D eigenvalue weighted by atomic mass is 16.2. The molecular weight excluding hydrogens is 314 g/mol. The minimum Gasteiger partial charge on any atom is -0.366 e. The third-order valence-electron chi connectivity index (χ3n) is 4.51. The average molecular weight is 337 g/mol. The van der Waals surface area contributed by atoms with E-state index in [0.717, 1.165) is 12.1 Å². The standard InChI is InChI=1S/C20H23N3O2/c21-19(24)17-7-9-18(10-8-17)20(25)22-13-15-3-5-16(6-4-15)14-23-11-1-2-12-23/h3-10H,1-2,11-14H2,(H2,21,24)(H,22,25). The lowest BCUT2D eigenvalue weighted by molar-refractivity contribution is 0.0948. The Morgan fingerprint density at radius 3 is 2.04 bits per heavy atom. The van der Waals surface area contributed by atoms with Crippen LogP contribution in [0.15, 0.2) is 48.5 Å². The molecule has 1 fully saturated rings. The van der Waals surface area contributed by atoms with E-state index in [9.17, 15) is 9.59 Å². The lowest BCUT2D eigenvalue weighted by Gasteiger charge is -2.14. The van der Waals surface area contributed by atoms with Gasteiger partial charge in [-0.3, -0.25) is 14.5 Å². The fraction of sp³-hybridized carbons (Fsp3) is 0.300. The SMILES string of the molecule is NC(=O)c1ccc(C(=O)NCc2ccc(CN3CCCC3)cc2)cc1. The highest BCUT2D eigenvalue weighted by Gasteiger charge is 2.11. The lowest BCUT2D eigenvalue weighted by Crippen LogP contribution is -2.23. The number of likely N-dealkylation sites (tertiary alicyclic amines) is 1. The van der Waals surface area contributed by atoms with Crippen LogP contribution >= 0.6 is 0 Å². The number of benzene rings is 2. The Balaban J connectivity index is 1.52. The Morgan fingerprint density at radius 1 is 0.880 bits per heavy atom. The predicted octanol–water partition coefficient (Wildman–Crippen LogP) is 2.31. The molecule has 3 rings (SSSR count). The minimum absolute atomic E-state index is 0.169. The number of carbonyl (C=O) groups excluding carboxylic acids is 2. The van der Waals surface area contributed by atoms with Gasteiger partial charge in [-0.25, -0.2) is 0 Å². The maximum Gasteiger partial charge on any atom is 0.251 e. The zero-order chi connectivity index (χ0) is 17.6. The van der Waals surface area contributed by atoms with Crippen molar-refractivity contribution in [2.75, 3.05) is 13.1 Å². The number of rotatable bonds is 6. The summed E-state index contributed by atoms with van der Waals surface area (Å²) in [5.74, 6) is -0.668. The second-order valence-corrected chi connectivity index (χ2v) is 6.42. The zero-order valence-corrected chi connectivity index (χ0v) is 14.2. The number of nitrogens with zero attached hydrogens (tertiary/aromatic N) is 1. The molecule has 1 saturated heterocycles. The number of nitrogens with one attached hydrogen (secondary N) is 1. The Kier molecular flexibility index (Phi) is 5.46. The summed E-state index contributed by atoms with van der Waals surface area (Å²) in [7, 11) is 0.